The average molecular weight is 482 g/mol. The zero-order valence-electron chi connectivity index (χ0n) is 15.5. The van der Waals surface area contributed by atoms with Crippen LogP contribution in [0, 0.1) is 0 Å². The van der Waals surface area contributed by atoms with Crippen molar-refractivity contribution < 1.29 is 25.2 Å². The second-order valence-electron chi connectivity index (χ2n) is 6.90. The Bertz CT molecular complexity index is 1090. The zero-order chi connectivity index (χ0) is 21.4. The van der Waals surface area contributed by atoms with Gasteiger partial charge in [-0.2, -0.15) is 4.98 Å². The van der Waals surface area contributed by atoms with Gasteiger partial charge in [-0.25, -0.2) is 4.98 Å². The molecule has 1 aliphatic heterocycles. The Labute approximate surface area is 178 Å². The van der Waals surface area contributed by atoms with E-state index in [1.54, 1.807) is 0 Å². The number of aromatic nitrogens is 4. The quantitative estimate of drug-likeness (QED) is 0.275. The number of halogens is 1. The van der Waals surface area contributed by atoms with E-state index in [9.17, 15) is 25.2 Å². The molecule has 160 valence electrons. The number of benzene rings is 1. The van der Waals surface area contributed by atoms with Crippen LogP contribution in [0.15, 0.2) is 39.9 Å². The predicted molar refractivity (Wildman–Crippen MR) is 109 cm³/mol. The van der Waals surface area contributed by atoms with Crippen molar-refractivity contribution in [3.8, 4) is 0 Å². The molecule has 1 aromatic carbocycles. The van der Waals surface area contributed by atoms with Crippen molar-refractivity contribution in [2.45, 2.75) is 30.6 Å². The van der Waals surface area contributed by atoms with Gasteiger partial charge in [0.2, 0.25) is 5.95 Å². The summed E-state index contributed by atoms with van der Waals surface area (Å²) in [6, 6.07) is 6.76. The standard InChI is InChI=1S/C18H20BrN5O6/c19-9-3-1-8(2-4-9)10(5-25)21-18-22-15-12(16(29)23-18)20-7-24(15)17-14(28)13(27)11(6-26)30-17/h1-4,7,10-11,13-14,17,25-28H,5-6H2,(H2,21,22,23,29)/t10-,11+,13+,14+,17+/m0/s1. The van der Waals surface area contributed by atoms with Gasteiger partial charge in [-0.3, -0.25) is 14.3 Å². The molecule has 11 nitrogen and oxygen atoms in total. The lowest BCUT2D eigenvalue weighted by Gasteiger charge is -2.18. The molecule has 3 aromatic rings. The predicted octanol–water partition coefficient (Wildman–Crippen LogP) is -0.361. The first-order chi connectivity index (χ1) is 14.4. The number of imidazole rings is 1. The number of aliphatic hydroxyl groups excluding tert-OH is 4. The van der Waals surface area contributed by atoms with E-state index in [0.29, 0.717) is 0 Å². The molecule has 2 aromatic heterocycles. The summed E-state index contributed by atoms with van der Waals surface area (Å²) in [6.07, 6.45) is -3.42. The lowest BCUT2D eigenvalue weighted by Crippen LogP contribution is -2.33. The second kappa shape index (κ2) is 8.41. The topological polar surface area (TPSA) is 166 Å². The summed E-state index contributed by atoms with van der Waals surface area (Å²) in [5.74, 6) is 0.0861. The first-order valence-electron chi connectivity index (χ1n) is 9.15. The number of H-pyrrole nitrogens is 1. The molecule has 30 heavy (non-hydrogen) atoms. The van der Waals surface area contributed by atoms with Gasteiger partial charge in [0.05, 0.1) is 25.6 Å². The Kier molecular flexibility index (Phi) is 5.86. The summed E-state index contributed by atoms with van der Waals surface area (Å²) in [7, 11) is 0. The van der Waals surface area contributed by atoms with Gasteiger partial charge in [0, 0.05) is 4.47 Å². The minimum absolute atomic E-state index is 0.0162. The number of hydrogen-bond donors (Lipinski definition) is 6. The molecule has 6 N–H and O–H groups in total. The van der Waals surface area contributed by atoms with Crippen LogP contribution in [0.4, 0.5) is 5.95 Å². The van der Waals surface area contributed by atoms with Crippen LogP contribution in [0.5, 0.6) is 0 Å². The van der Waals surface area contributed by atoms with Crippen LogP contribution >= 0.6 is 15.9 Å². The number of nitrogens with one attached hydrogen (secondary N) is 2. The maximum absolute atomic E-state index is 12.5. The normalized spacial score (nSPS) is 25.0. The van der Waals surface area contributed by atoms with Gasteiger partial charge in [-0.15, -0.1) is 0 Å². The van der Waals surface area contributed by atoms with E-state index < -0.39 is 42.7 Å². The van der Waals surface area contributed by atoms with E-state index in [-0.39, 0.29) is 23.7 Å². The minimum Gasteiger partial charge on any atom is -0.394 e. The van der Waals surface area contributed by atoms with E-state index in [0.717, 1.165) is 10.0 Å². The molecule has 1 aliphatic rings. The summed E-state index contributed by atoms with van der Waals surface area (Å²) < 4.78 is 7.72. The van der Waals surface area contributed by atoms with Crippen molar-refractivity contribution in [2.75, 3.05) is 18.5 Å². The molecular weight excluding hydrogens is 462 g/mol. The van der Waals surface area contributed by atoms with Gasteiger partial charge in [0.15, 0.2) is 17.4 Å². The Morgan fingerprint density at radius 2 is 1.97 bits per heavy atom. The van der Waals surface area contributed by atoms with Gasteiger partial charge < -0.3 is 30.5 Å². The number of aromatic amines is 1. The fourth-order valence-corrected chi connectivity index (χ4v) is 3.65. The smallest absolute Gasteiger partial charge is 0.280 e. The van der Waals surface area contributed by atoms with Crippen molar-refractivity contribution in [3.05, 3.63) is 51.0 Å². The van der Waals surface area contributed by atoms with Crippen LogP contribution in [0.1, 0.15) is 17.8 Å². The lowest BCUT2D eigenvalue weighted by molar-refractivity contribution is -0.0511. The highest BCUT2D eigenvalue weighted by Crippen LogP contribution is 2.31. The van der Waals surface area contributed by atoms with E-state index in [4.69, 9.17) is 4.74 Å². The molecule has 0 unspecified atom stereocenters. The van der Waals surface area contributed by atoms with Gasteiger partial charge in [0.25, 0.3) is 5.56 Å². The Morgan fingerprint density at radius 3 is 2.60 bits per heavy atom. The number of nitrogens with zero attached hydrogens (tertiary/aromatic N) is 3. The second-order valence-corrected chi connectivity index (χ2v) is 7.81. The number of anilines is 1. The molecular formula is C18H20BrN5O6. The molecule has 0 amide bonds. The van der Waals surface area contributed by atoms with E-state index in [2.05, 4.69) is 36.2 Å². The molecule has 12 heteroatoms. The monoisotopic (exact) mass is 481 g/mol. The maximum Gasteiger partial charge on any atom is 0.280 e. The summed E-state index contributed by atoms with van der Waals surface area (Å²) in [5, 5.41) is 42.3. The summed E-state index contributed by atoms with van der Waals surface area (Å²) in [5.41, 5.74) is 0.381. The first-order valence-corrected chi connectivity index (χ1v) is 9.94. The van der Waals surface area contributed by atoms with Gasteiger partial charge in [-0.1, -0.05) is 28.1 Å². The molecule has 0 radical (unpaired) electrons. The third kappa shape index (κ3) is 3.73. The molecule has 0 saturated carbocycles. The zero-order valence-corrected chi connectivity index (χ0v) is 17.1. The van der Waals surface area contributed by atoms with E-state index in [1.807, 2.05) is 24.3 Å². The lowest BCUT2D eigenvalue weighted by atomic mass is 10.1. The Hall–Kier alpha value is -2.35. The first kappa shape index (κ1) is 20.9. The number of aliphatic hydroxyl groups is 4. The third-order valence-electron chi connectivity index (χ3n) is 4.99. The molecule has 0 aliphatic carbocycles. The summed E-state index contributed by atoms with van der Waals surface area (Å²) in [6.45, 7) is -0.731. The fraction of sp³-hybridized carbons (Fsp3) is 0.389. The summed E-state index contributed by atoms with van der Waals surface area (Å²) >= 11 is 3.36. The van der Waals surface area contributed by atoms with Gasteiger partial charge in [-0.05, 0) is 17.7 Å². The van der Waals surface area contributed by atoms with Crippen molar-refractivity contribution in [3.63, 3.8) is 0 Å². The Morgan fingerprint density at radius 1 is 1.23 bits per heavy atom. The molecule has 5 atom stereocenters. The largest absolute Gasteiger partial charge is 0.394 e. The molecule has 1 fully saturated rings. The van der Waals surface area contributed by atoms with Crippen LogP contribution in [-0.2, 0) is 4.74 Å². The molecule has 3 heterocycles. The average Bonchev–Trinajstić information content (AvgIpc) is 3.28. The number of ether oxygens (including phenoxy) is 1. The van der Waals surface area contributed by atoms with Crippen molar-refractivity contribution in [1.29, 1.82) is 0 Å². The van der Waals surface area contributed by atoms with Crippen LogP contribution in [-0.4, -0.2) is 71.5 Å². The highest BCUT2D eigenvalue weighted by atomic mass is 79.9. The van der Waals surface area contributed by atoms with E-state index >= 15 is 0 Å². The molecule has 0 spiro atoms. The Balaban J connectivity index is 1.68. The van der Waals surface area contributed by atoms with Crippen LogP contribution in [0.2, 0.25) is 0 Å². The van der Waals surface area contributed by atoms with E-state index in [1.165, 1.54) is 10.9 Å². The fourth-order valence-electron chi connectivity index (χ4n) is 3.39. The molecule has 0 bridgehead atoms. The molecule has 1 saturated heterocycles. The van der Waals surface area contributed by atoms with Crippen LogP contribution < -0.4 is 10.9 Å². The highest BCUT2D eigenvalue weighted by Gasteiger charge is 2.44. The van der Waals surface area contributed by atoms with Crippen LogP contribution in [0.25, 0.3) is 11.2 Å². The van der Waals surface area contributed by atoms with Crippen molar-refractivity contribution in [1.82, 2.24) is 19.5 Å². The van der Waals surface area contributed by atoms with Crippen LogP contribution in [0.3, 0.4) is 0 Å². The summed E-state index contributed by atoms with van der Waals surface area (Å²) in [4.78, 5) is 23.4. The number of rotatable bonds is 6. The maximum atomic E-state index is 12.5. The van der Waals surface area contributed by atoms with Crippen molar-refractivity contribution >= 4 is 33.0 Å². The number of hydrogen-bond acceptors (Lipinski definition) is 9. The van der Waals surface area contributed by atoms with Crippen molar-refractivity contribution in [2.24, 2.45) is 0 Å². The highest BCUT2D eigenvalue weighted by molar-refractivity contribution is 9.10. The minimum atomic E-state index is -1.34. The van der Waals surface area contributed by atoms with Gasteiger partial charge >= 0.3 is 0 Å². The van der Waals surface area contributed by atoms with Gasteiger partial charge in [0.1, 0.15) is 18.3 Å². The third-order valence-corrected chi connectivity index (χ3v) is 5.52. The SMILES string of the molecule is O=c1[nH]c(N[C@@H](CO)c2ccc(Br)cc2)nc2c1ncn2[C@@H]1O[C@H](CO)[C@@H](O)[C@H]1O. The molecule has 4 rings (SSSR count). The number of fused-ring (bicyclic) bond motifs is 1.